The number of sulfonamides is 1. The van der Waals surface area contributed by atoms with E-state index < -0.39 is 10.0 Å². The molecule has 142 valence electrons. The molecule has 0 spiro atoms. The summed E-state index contributed by atoms with van der Waals surface area (Å²) in [4.78, 5) is 4.59. The van der Waals surface area contributed by atoms with Gasteiger partial charge in [-0.25, -0.2) is 8.42 Å². The Labute approximate surface area is 155 Å². The quantitative estimate of drug-likeness (QED) is 0.769. The molecule has 2 aromatic rings. The smallest absolute Gasteiger partial charge is 0.246 e. The molecule has 3 rings (SSSR count). The average molecular weight is 378 g/mol. The first-order valence-electron chi connectivity index (χ1n) is 9.01. The van der Waals surface area contributed by atoms with Gasteiger partial charge in [-0.15, -0.1) is 0 Å². The topological polar surface area (TPSA) is 77.3 Å². The minimum absolute atomic E-state index is 0.167. The van der Waals surface area contributed by atoms with Crippen molar-refractivity contribution >= 4 is 10.0 Å². The zero-order valence-electron chi connectivity index (χ0n) is 15.8. The zero-order valence-corrected chi connectivity index (χ0v) is 16.6. The molecular formula is C18H26N4O3S. The lowest BCUT2D eigenvalue weighted by molar-refractivity contribution is 0.213. The van der Waals surface area contributed by atoms with E-state index in [1.807, 2.05) is 32.9 Å². The predicted octanol–water partition coefficient (Wildman–Crippen LogP) is 2.09. The van der Waals surface area contributed by atoms with Gasteiger partial charge in [0.1, 0.15) is 16.7 Å². The van der Waals surface area contributed by atoms with Crippen LogP contribution in [0.4, 0.5) is 0 Å². The Hall–Kier alpha value is -1.93. The lowest BCUT2D eigenvalue weighted by atomic mass is 10.2. The van der Waals surface area contributed by atoms with Gasteiger partial charge in [-0.3, -0.25) is 9.67 Å². The Morgan fingerprint density at radius 3 is 2.73 bits per heavy atom. The first kappa shape index (κ1) is 18.8. The Morgan fingerprint density at radius 1 is 1.31 bits per heavy atom. The van der Waals surface area contributed by atoms with Crippen molar-refractivity contribution in [2.45, 2.75) is 51.0 Å². The molecule has 0 saturated carbocycles. The van der Waals surface area contributed by atoms with E-state index in [0.717, 1.165) is 11.4 Å². The van der Waals surface area contributed by atoms with Crippen LogP contribution in [0.15, 0.2) is 23.2 Å². The zero-order chi connectivity index (χ0) is 18.9. The minimum Gasteiger partial charge on any atom is -0.487 e. The summed E-state index contributed by atoms with van der Waals surface area (Å²) in [5.41, 5.74) is 2.20. The van der Waals surface area contributed by atoms with Crippen molar-refractivity contribution in [1.82, 2.24) is 19.1 Å². The van der Waals surface area contributed by atoms with Gasteiger partial charge >= 0.3 is 0 Å². The molecule has 3 heterocycles. The van der Waals surface area contributed by atoms with Crippen molar-refractivity contribution in [3.63, 3.8) is 0 Å². The van der Waals surface area contributed by atoms with E-state index >= 15 is 0 Å². The van der Waals surface area contributed by atoms with Crippen LogP contribution in [-0.4, -0.2) is 46.7 Å². The molecule has 7 nitrogen and oxygen atoms in total. The van der Waals surface area contributed by atoms with Gasteiger partial charge in [0.15, 0.2) is 0 Å². The highest BCUT2D eigenvalue weighted by Gasteiger charge is 2.37. The summed E-state index contributed by atoms with van der Waals surface area (Å²) in [7, 11) is -1.78. The number of nitrogens with zero attached hydrogens (tertiary/aromatic N) is 4. The number of aromatic nitrogens is 3. The van der Waals surface area contributed by atoms with E-state index in [-0.39, 0.29) is 6.10 Å². The van der Waals surface area contributed by atoms with Crippen LogP contribution in [0.2, 0.25) is 0 Å². The van der Waals surface area contributed by atoms with Crippen molar-refractivity contribution in [3.05, 3.63) is 35.4 Å². The van der Waals surface area contributed by atoms with Crippen LogP contribution < -0.4 is 4.74 Å². The molecule has 1 fully saturated rings. The molecule has 1 unspecified atom stereocenters. The first-order chi connectivity index (χ1) is 12.4. The number of ether oxygens (including phenoxy) is 1. The number of hydrogen-bond acceptors (Lipinski definition) is 5. The van der Waals surface area contributed by atoms with E-state index in [4.69, 9.17) is 4.74 Å². The van der Waals surface area contributed by atoms with Crippen LogP contribution >= 0.6 is 0 Å². The molecule has 0 radical (unpaired) electrons. The summed E-state index contributed by atoms with van der Waals surface area (Å²) in [5.74, 6) is 0.710. The molecule has 1 saturated heterocycles. The Morgan fingerprint density at radius 2 is 2.08 bits per heavy atom. The van der Waals surface area contributed by atoms with Crippen LogP contribution in [0.5, 0.6) is 5.75 Å². The second-order valence-electron chi connectivity index (χ2n) is 6.53. The molecule has 1 aliphatic heterocycles. The fourth-order valence-electron chi connectivity index (χ4n) is 3.43. The second kappa shape index (κ2) is 7.36. The first-order valence-corrected chi connectivity index (χ1v) is 10.5. The maximum atomic E-state index is 13.3. The van der Waals surface area contributed by atoms with E-state index in [1.165, 1.54) is 4.31 Å². The molecule has 0 N–H and O–H groups in total. The van der Waals surface area contributed by atoms with Gasteiger partial charge in [0, 0.05) is 19.8 Å². The van der Waals surface area contributed by atoms with Gasteiger partial charge in [-0.05, 0) is 38.3 Å². The molecule has 1 aliphatic rings. The Bertz CT molecular complexity index is 892. The van der Waals surface area contributed by atoms with E-state index in [0.29, 0.717) is 48.7 Å². The maximum Gasteiger partial charge on any atom is 0.246 e. The standard InChI is InChI=1S/C18H26N4O3S/c1-5-15-18(16(6-2)21(4)20-15)26(23,24)22-11-9-14(12-22)25-17-8-7-10-19-13(17)3/h7-8,10,14H,5-6,9,11-12H2,1-4H3. The number of rotatable bonds is 6. The highest BCUT2D eigenvalue weighted by molar-refractivity contribution is 7.89. The monoisotopic (exact) mass is 378 g/mol. The summed E-state index contributed by atoms with van der Waals surface area (Å²) in [6, 6.07) is 3.69. The number of hydrogen-bond donors (Lipinski definition) is 0. The van der Waals surface area contributed by atoms with E-state index in [1.54, 1.807) is 17.9 Å². The normalized spacial score (nSPS) is 18.4. The van der Waals surface area contributed by atoms with Gasteiger partial charge in [0.2, 0.25) is 10.0 Å². The van der Waals surface area contributed by atoms with E-state index in [2.05, 4.69) is 10.1 Å². The van der Waals surface area contributed by atoms with Gasteiger partial charge in [0.25, 0.3) is 0 Å². The maximum absolute atomic E-state index is 13.3. The summed E-state index contributed by atoms with van der Waals surface area (Å²) in [6.45, 7) is 6.57. The number of pyridine rings is 1. The lowest BCUT2D eigenvalue weighted by Gasteiger charge is -2.18. The molecule has 0 bridgehead atoms. The van der Waals surface area contributed by atoms with Crippen molar-refractivity contribution in [2.75, 3.05) is 13.1 Å². The summed E-state index contributed by atoms with van der Waals surface area (Å²) >= 11 is 0. The largest absolute Gasteiger partial charge is 0.487 e. The summed E-state index contributed by atoms with van der Waals surface area (Å²) in [6.07, 6.45) is 3.43. The van der Waals surface area contributed by atoms with Crippen LogP contribution in [0.1, 0.15) is 37.4 Å². The van der Waals surface area contributed by atoms with Gasteiger partial charge < -0.3 is 4.74 Å². The van der Waals surface area contributed by atoms with Crippen molar-refractivity contribution < 1.29 is 13.2 Å². The molecule has 0 amide bonds. The summed E-state index contributed by atoms with van der Waals surface area (Å²) < 4.78 is 35.8. The lowest BCUT2D eigenvalue weighted by Crippen LogP contribution is -2.32. The fraction of sp³-hybridized carbons (Fsp3) is 0.556. The highest BCUT2D eigenvalue weighted by atomic mass is 32.2. The van der Waals surface area contributed by atoms with Crippen LogP contribution in [-0.2, 0) is 29.9 Å². The van der Waals surface area contributed by atoms with Gasteiger partial charge in [-0.2, -0.15) is 9.40 Å². The molecular weight excluding hydrogens is 352 g/mol. The Kier molecular flexibility index (Phi) is 5.34. The third-order valence-electron chi connectivity index (χ3n) is 4.81. The third kappa shape index (κ3) is 3.35. The van der Waals surface area contributed by atoms with Crippen molar-refractivity contribution in [1.29, 1.82) is 0 Å². The second-order valence-corrected chi connectivity index (χ2v) is 8.41. The third-order valence-corrected chi connectivity index (χ3v) is 6.81. The number of aryl methyl sites for hydroxylation is 3. The SMILES string of the molecule is CCc1nn(C)c(CC)c1S(=O)(=O)N1CCC(Oc2cccnc2C)C1. The van der Waals surface area contributed by atoms with E-state index in [9.17, 15) is 8.42 Å². The molecule has 26 heavy (non-hydrogen) atoms. The minimum atomic E-state index is -3.58. The highest BCUT2D eigenvalue weighted by Crippen LogP contribution is 2.29. The molecule has 0 aliphatic carbocycles. The van der Waals surface area contributed by atoms with Crippen LogP contribution in [0.3, 0.4) is 0 Å². The van der Waals surface area contributed by atoms with Crippen molar-refractivity contribution in [3.8, 4) is 5.75 Å². The van der Waals surface area contributed by atoms with Crippen molar-refractivity contribution in [2.24, 2.45) is 7.05 Å². The average Bonchev–Trinajstić information content (AvgIpc) is 3.21. The van der Waals surface area contributed by atoms with Gasteiger partial charge in [-0.1, -0.05) is 13.8 Å². The molecule has 8 heteroatoms. The van der Waals surface area contributed by atoms with Crippen LogP contribution in [0.25, 0.3) is 0 Å². The molecule has 2 aromatic heterocycles. The summed E-state index contributed by atoms with van der Waals surface area (Å²) in [5, 5.41) is 4.41. The van der Waals surface area contributed by atoms with Gasteiger partial charge in [0.05, 0.1) is 23.6 Å². The predicted molar refractivity (Wildman–Crippen MR) is 98.7 cm³/mol. The van der Waals surface area contributed by atoms with Crippen LogP contribution in [0, 0.1) is 6.92 Å². The fourth-order valence-corrected chi connectivity index (χ4v) is 5.46. The Balaban J connectivity index is 1.83. The molecule has 0 aromatic carbocycles. The molecule has 1 atom stereocenters.